The van der Waals surface area contributed by atoms with Crippen molar-refractivity contribution in [3.8, 4) is 5.88 Å². The Balaban J connectivity index is 1.19. The molecule has 1 aromatic carbocycles. The van der Waals surface area contributed by atoms with Crippen molar-refractivity contribution in [2.45, 2.75) is 25.5 Å². The van der Waals surface area contributed by atoms with Crippen LogP contribution in [0.4, 0.5) is 10.2 Å². The fourth-order valence-corrected chi connectivity index (χ4v) is 4.54. The molecule has 30 heavy (non-hydrogen) atoms. The molecule has 2 aromatic heterocycles. The van der Waals surface area contributed by atoms with E-state index in [2.05, 4.69) is 19.9 Å². The van der Waals surface area contributed by atoms with Gasteiger partial charge in [-0.1, -0.05) is 11.2 Å². The number of hydrogen-bond donors (Lipinski definition) is 1. The van der Waals surface area contributed by atoms with E-state index >= 15 is 0 Å². The first-order valence-electron chi connectivity index (χ1n) is 10.4. The molecule has 0 spiro atoms. The lowest BCUT2D eigenvalue weighted by molar-refractivity contribution is 0.0715. The van der Waals surface area contributed by atoms with Gasteiger partial charge in [-0.3, -0.25) is 4.90 Å². The largest absolute Gasteiger partial charge is 0.477 e. The summed E-state index contributed by atoms with van der Waals surface area (Å²) in [4.78, 5) is 9.03. The molecule has 8 heteroatoms. The maximum atomic E-state index is 13.7. The second kappa shape index (κ2) is 8.20. The number of benzene rings is 1. The minimum atomic E-state index is -0.273. The van der Waals surface area contributed by atoms with Crippen LogP contribution in [-0.2, 0) is 6.61 Å². The molecule has 5 rings (SSSR count). The number of piperidine rings is 1. The number of piperazine rings is 1. The van der Waals surface area contributed by atoms with Crippen molar-refractivity contribution in [1.82, 2.24) is 15.0 Å². The number of rotatable bonds is 5. The molecule has 2 atom stereocenters. The average molecular weight is 412 g/mol. The lowest BCUT2D eigenvalue weighted by atomic mass is 9.91. The van der Waals surface area contributed by atoms with Gasteiger partial charge in [0.1, 0.15) is 5.82 Å². The van der Waals surface area contributed by atoms with Gasteiger partial charge in [-0.2, -0.15) is 0 Å². The Kier molecular flexibility index (Phi) is 5.26. The zero-order valence-electron chi connectivity index (χ0n) is 16.7. The van der Waals surface area contributed by atoms with Gasteiger partial charge in [-0.25, -0.2) is 9.37 Å². The van der Waals surface area contributed by atoms with Gasteiger partial charge < -0.3 is 19.3 Å². The summed E-state index contributed by atoms with van der Waals surface area (Å²) in [5.74, 6) is 1.49. The molecular formula is C22H25FN4O3. The van der Waals surface area contributed by atoms with Gasteiger partial charge in [-0.15, -0.1) is 0 Å². The summed E-state index contributed by atoms with van der Waals surface area (Å²) in [6.07, 6.45) is 2.17. The maximum Gasteiger partial charge on any atom is 0.213 e. The molecule has 0 radical (unpaired) electrons. The Hall–Kier alpha value is -2.71. The van der Waals surface area contributed by atoms with Gasteiger partial charge in [0.05, 0.1) is 24.3 Å². The van der Waals surface area contributed by atoms with Gasteiger partial charge in [0, 0.05) is 44.2 Å². The smallest absolute Gasteiger partial charge is 0.213 e. The Morgan fingerprint density at radius 2 is 2.10 bits per heavy atom. The molecule has 2 aliphatic heterocycles. The number of fused-ring (bicyclic) bond motifs is 2. The van der Waals surface area contributed by atoms with Crippen LogP contribution in [0.1, 0.15) is 18.5 Å². The van der Waals surface area contributed by atoms with Crippen molar-refractivity contribution in [1.29, 1.82) is 0 Å². The number of halogens is 1. The zero-order chi connectivity index (χ0) is 20.5. The van der Waals surface area contributed by atoms with Gasteiger partial charge in [0.15, 0.2) is 11.4 Å². The standard InChI is InChI=1S/C22H25FN4O3/c23-16-5-7-20-19(10-16)22(25-30-20)27-9-8-26-11-15(4-6-18(26)12-27)14-29-21-3-1-2-17(13-28)24-21/h1-3,5,7,10,15,18,28H,4,6,8-9,11-14H2. The van der Waals surface area contributed by atoms with Crippen molar-refractivity contribution in [3.63, 3.8) is 0 Å². The van der Waals surface area contributed by atoms with Gasteiger partial charge in [0.2, 0.25) is 5.88 Å². The maximum absolute atomic E-state index is 13.7. The normalized spacial score (nSPS) is 22.3. The highest BCUT2D eigenvalue weighted by Crippen LogP contribution is 2.31. The van der Waals surface area contributed by atoms with Crippen molar-refractivity contribution in [2.24, 2.45) is 5.92 Å². The van der Waals surface area contributed by atoms with E-state index in [1.807, 2.05) is 12.1 Å². The molecule has 0 amide bonds. The molecule has 2 aliphatic rings. The van der Waals surface area contributed by atoms with Crippen molar-refractivity contribution in [2.75, 3.05) is 37.7 Å². The van der Waals surface area contributed by atoms with E-state index in [1.54, 1.807) is 12.1 Å². The summed E-state index contributed by atoms with van der Waals surface area (Å²) >= 11 is 0. The molecular weight excluding hydrogens is 387 g/mol. The number of hydrogen-bond acceptors (Lipinski definition) is 7. The number of ether oxygens (including phenoxy) is 1. The molecule has 158 valence electrons. The number of pyridine rings is 1. The third-order valence-corrected chi connectivity index (χ3v) is 6.13. The van der Waals surface area contributed by atoms with Crippen molar-refractivity contribution >= 4 is 16.8 Å². The fourth-order valence-electron chi connectivity index (χ4n) is 4.54. The molecule has 1 N–H and O–H groups in total. The minimum absolute atomic E-state index is 0.0833. The minimum Gasteiger partial charge on any atom is -0.477 e. The molecule has 0 bridgehead atoms. The van der Waals surface area contributed by atoms with Crippen LogP contribution in [0.5, 0.6) is 5.88 Å². The first-order valence-corrected chi connectivity index (χ1v) is 10.4. The highest BCUT2D eigenvalue weighted by atomic mass is 19.1. The van der Waals surface area contributed by atoms with Gasteiger partial charge in [0.25, 0.3) is 0 Å². The molecule has 0 saturated carbocycles. The molecule has 2 fully saturated rings. The van der Waals surface area contributed by atoms with E-state index in [9.17, 15) is 9.50 Å². The second-order valence-corrected chi connectivity index (χ2v) is 8.12. The van der Waals surface area contributed by atoms with Crippen LogP contribution in [0, 0.1) is 11.7 Å². The van der Waals surface area contributed by atoms with Gasteiger partial charge >= 0.3 is 0 Å². The number of aliphatic hydroxyl groups excluding tert-OH is 1. The van der Waals surface area contributed by atoms with E-state index in [4.69, 9.17) is 9.26 Å². The van der Waals surface area contributed by atoms with Crippen LogP contribution in [0.2, 0.25) is 0 Å². The predicted molar refractivity (Wildman–Crippen MR) is 110 cm³/mol. The van der Waals surface area contributed by atoms with Crippen LogP contribution in [0.15, 0.2) is 40.9 Å². The summed E-state index contributed by atoms with van der Waals surface area (Å²) in [5, 5.41) is 14.2. The molecule has 0 aliphatic carbocycles. The van der Waals surface area contributed by atoms with E-state index in [-0.39, 0.29) is 12.4 Å². The van der Waals surface area contributed by atoms with E-state index in [0.717, 1.165) is 50.2 Å². The van der Waals surface area contributed by atoms with Crippen molar-refractivity contribution < 1.29 is 18.8 Å². The van der Waals surface area contributed by atoms with Crippen LogP contribution in [0.25, 0.3) is 11.0 Å². The third-order valence-electron chi connectivity index (χ3n) is 6.13. The highest BCUT2D eigenvalue weighted by Gasteiger charge is 2.34. The highest BCUT2D eigenvalue weighted by molar-refractivity contribution is 5.88. The number of aromatic nitrogens is 2. The Bertz CT molecular complexity index is 1030. The number of anilines is 1. The van der Waals surface area contributed by atoms with Crippen LogP contribution >= 0.6 is 0 Å². The Morgan fingerprint density at radius 1 is 1.17 bits per heavy atom. The molecule has 3 aromatic rings. The Labute approximate surface area is 174 Å². The lowest BCUT2D eigenvalue weighted by Gasteiger charge is -2.46. The summed E-state index contributed by atoms with van der Waals surface area (Å²) in [7, 11) is 0. The van der Waals surface area contributed by atoms with Gasteiger partial charge in [-0.05, 0) is 37.1 Å². The first kappa shape index (κ1) is 19.3. The Morgan fingerprint density at radius 3 is 3.00 bits per heavy atom. The SMILES string of the molecule is OCc1cccc(OCC2CCC3CN(c4noc5ccc(F)cc45)CCN3C2)n1. The van der Waals surface area contributed by atoms with E-state index < -0.39 is 0 Å². The number of nitrogens with zero attached hydrogens (tertiary/aromatic N) is 4. The predicted octanol–water partition coefficient (Wildman–Crippen LogP) is 2.83. The van der Waals surface area contributed by atoms with E-state index in [1.165, 1.54) is 12.1 Å². The summed E-state index contributed by atoms with van der Waals surface area (Å²) in [6, 6.07) is 10.4. The van der Waals surface area contributed by atoms with Crippen LogP contribution in [0.3, 0.4) is 0 Å². The molecule has 7 nitrogen and oxygen atoms in total. The summed E-state index contributed by atoms with van der Waals surface area (Å²) in [6.45, 7) is 4.17. The van der Waals surface area contributed by atoms with Crippen LogP contribution < -0.4 is 9.64 Å². The number of aliphatic hydroxyl groups is 1. The van der Waals surface area contributed by atoms with Crippen molar-refractivity contribution in [3.05, 3.63) is 47.9 Å². The summed E-state index contributed by atoms with van der Waals surface area (Å²) in [5.41, 5.74) is 1.24. The monoisotopic (exact) mass is 412 g/mol. The second-order valence-electron chi connectivity index (χ2n) is 8.12. The first-order chi connectivity index (χ1) is 14.7. The molecule has 2 saturated heterocycles. The average Bonchev–Trinajstić information content (AvgIpc) is 3.20. The fraction of sp³-hybridized carbons (Fsp3) is 0.455. The molecule has 4 heterocycles. The van der Waals surface area contributed by atoms with E-state index in [0.29, 0.717) is 35.7 Å². The zero-order valence-corrected chi connectivity index (χ0v) is 16.7. The lowest BCUT2D eigenvalue weighted by Crippen LogP contribution is -2.57. The quantitative estimate of drug-likeness (QED) is 0.691. The molecule has 2 unspecified atom stereocenters. The van der Waals surface area contributed by atoms with Crippen LogP contribution in [-0.4, -0.2) is 59.0 Å². The summed E-state index contributed by atoms with van der Waals surface area (Å²) < 4.78 is 25.0. The third kappa shape index (κ3) is 3.85. The topological polar surface area (TPSA) is 74.9 Å².